The van der Waals surface area contributed by atoms with Gasteiger partial charge in [0.2, 0.25) is 5.76 Å². The van der Waals surface area contributed by atoms with Gasteiger partial charge in [0.1, 0.15) is 24.2 Å². The molecule has 5 heteroatoms. The summed E-state index contributed by atoms with van der Waals surface area (Å²) in [4.78, 5) is 0. The van der Waals surface area contributed by atoms with Crippen LogP contribution in [0.1, 0.15) is 11.5 Å². The molecule has 0 aliphatic carbocycles. The molecule has 0 atom stereocenters. The van der Waals surface area contributed by atoms with Gasteiger partial charge in [0.25, 0.3) is 0 Å². The SMILES string of the molecule is COCCOc1ccc(NCc2ccc(C#N)o2)cc1. The molecule has 0 unspecified atom stereocenters. The average molecular weight is 272 g/mol. The lowest BCUT2D eigenvalue weighted by Gasteiger charge is -2.07. The number of furan rings is 1. The van der Waals surface area contributed by atoms with Crippen molar-refractivity contribution in [3.05, 3.63) is 47.9 Å². The van der Waals surface area contributed by atoms with Gasteiger partial charge in [-0.25, -0.2) is 0 Å². The average Bonchev–Trinajstić information content (AvgIpc) is 2.95. The van der Waals surface area contributed by atoms with Gasteiger partial charge in [0.15, 0.2) is 0 Å². The summed E-state index contributed by atoms with van der Waals surface area (Å²) in [5, 5.41) is 11.9. The molecule has 0 radical (unpaired) electrons. The molecule has 20 heavy (non-hydrogen) atoms. The zero-order valence-electron chi connectivity index (χ0n) is 11.3. The van der Waals surface area contributed by atoms with Gasteiger partial charge in [0, 0.05) is 12.8 Å². The van der Waals surface area contributed by atoms with Gasteiger partial charge >= 0.3 is 0 Å². The standard InChI is InChI=1S/C15H16N2O3/c1-18-8-9-19-13-4-2-12(3-5-13)17-11-15-7-6-14(10-16)20-15/h2-7,17H,8-9,11H2,1H3. The Balaban J connectivity index is 1.83. The number of benzene rings is 1. The Morgan fingerprint density at radius 3 is 2.60 bits per heavy atom. The van der Waals surface area contributed by atoms with Gasteiger partial charge in [-0.1, -0.05) is 0 Å². The summed E-state index contributed by atoms with van der Waals surface area (Å²) in [7, 11) is 1.64. The molecule has 104 valence electrons. The first-order valence-corrected chi connectivity index (χ1v) is 6.26. The van der Waals surface area contributed by atoms with Crippen LogP contribution in [0.4, 0.5) is 5.69 Å². The third-order valence-corrected chi connectivity index (χ3v) is 2.65. The van der Waals surface area contributed by atoms with Gasteiger partial charge in [-0.2, -0.15) is 5.26 Å². The van der Waals surface area contributed by atoms with Crippen molar-refractivity contribution >= 4 is 5.69 Å². The number of ether oxygens (including phenoxy) is 2. The molecule has 0 saturated heterocycles. The van der Waals surface area contributed by atoms with E-state index in [0.717, 1.165) is 17.2 Å². The van der Waals surface area contributed by atoms with E-state index in [-0.39, 0.29) is 0 Å². The molecule has 2 aromatic rings. The number of nitrogens with zero attached hydrogens (tertiary/aromatic N) is 1. The highest BCUT2D eigenvalue weighted by molar-refractivity contribution is 5.46. The molecule has 5 nitrogen and oxygen atoms in total. The van der Waals surface area contributed by atoms with Crippen molar-refractivity contribution in [3.8, 4) is 11.8 Å². The van der Waals surface area contributed by atoms with E-state index in [0.29, 0.717) is 25.5 Å². The van der Waals surface area contributed by atoms with Crippen molar-refractivity contribution < 1.29 is 13.9 Å². The van der Waals surface area contributed by atoms with E-state index in [4.69, 9.17) is 19.2 Å². The van der Waals surface area contributed by atoms with E-state index in [1.165, 1.54) is 0 Å². The summed E-state index contributed by atoms with van der Waals surface area (Å²) in [5.74, 6) is 1.85. The highest BCUT2D eigenvalue weighted by Gasteiger charge is 2.01. The second-order valence-electron chi connectivity index (χ2n) is 4.10. The summed E-state index contributed by atoms with van der Waals surface area (Å²) in [6.45, 7) is 1.64. The molecular formula is C15H16N2O3. The molecule has 0 saturated carbocycles. The van der Waals surface area contributed by atoms with E-state index in [9.17, 15) is 0 Å². The van der Waals surface area contributed by atoms with Crippen LogP contribution in [-0.2, 0) is 11.3 Å². The third kappa shape index (κ3) is 4.04. The van der Waals surface area contributed by atoms with Crippen LogP contribution in [0.2, 0.25) is 0 Å². The Morgan fingerprint density at radius 2 is 1.95 bits per heavy atom. The molecule has 2 rings (SSSR count). The Morgan fingerprint density at radius 1 is 1.15 bits per heavy atom. The molecule has 0 spiro atoms. The van der Waals surface area contributed by atoms with Crippen molar-refractivity contribution in [1.82, 2.24) is 0 Å². The zero-order chi connectivity index (χ0) is 14.2. The Bertz CT molecular complexity index is 570. The number of anilines is 1. The van der Waals surface area contributed by atoms with Crippen LogP contribution in [0.15, 0.2) is 40.8 Å². The number of hydrogen-bond donors (Lipinski definition) is 1. The first-order valence-electron chi connectivity index (χ1n) is 6.26. The fourth-order valence-corrected chi connectivity index (χ4v) is 1.63. The molecule has 1 aromatic heterocycles. The second-order valence-corrected chi connectivity index (χ2v) is 4.10. The molecular weight excluding hydrogens is 256 g/mol. The minimum atomic E-state index is 0.323. The first kappa shape index (κ1) is 14.0. The number of methoxy groups -OCH3 is 1. The summed E-state index contributed by atoms with van der Waals surface area (Å²) in [6.07, 6.45) is 0. The topological polar surface area (TPSA) is 67.4 Å². The summed E-state index contributed by atoms with van der Waals surface area (Å²) in [6, 6.07) is 13.0. The van der Waals surface area contributed by atoms with E-state index in [1.807, 2.05) is 30.3 Å². The predicted octanol–water partition coefficient (Wildman–Crippen LogP) is 2.79. The van der Waals surface area contributed by atoms with Gasteiger partial charge in [-0.3, -0.25) is 0 Å². The smallest absolute Gasteiger partial charge is 0.203 e. The lowest BCUT2D eigenvalue weighted by molar-refractivity contribution is 0.146. The summed E-state index contributed by atoms with van der Waals surface area (Å²) >= 11 is 0. The summed E-state index contributed by atoms with van der Waals surface area (Å²) in [5.41, 5.74) is 0.957. The molecule has 1 aromatic carbocycles. The molecule has 0 amide bonds. The van der Waals surface area contributed by atoms with E-state index >= 15 is 0 Å². The van der Waals surface area contributed by atoms with E-state index in [1.54, 1.807) is 19.2 Å². The van der Waals surface area contributed by atoms with E-state index in [2.05, 4.69) is 5.32 Å². The van der Waals surface area contributed by atoms with Crippen LogP contribution in [0, 0.1) is 11.3 Å². The monoisotopic (exact) mass is 272 g/mol. The summed E-state index contributed by atoms with van der Waals surface area (Å²) < 4.78 is 15.7. The van der Waals surface area contributed by atoms with Crippen molar-refractivity contribution in [2.24, 2.45) is 0 Å². The minimum Gasteiger partial charge on any atom is -0.491 e. The molecule has 1 N–H and O–H groups in total. The molecule has 0 fully saturated rings. The van der Waals surface area contributed by atoms with E-state index < -0.39 is 0 Å². The predicted molar refractivity (Wildman–Crippen MR) is 74.6 cm³/mol. The lowest BCUT2D eigenvalue weighted by atomic mass is 10.3. The lowest BCUT2D eigenvalue weighted by Crippen LogP contribution is -2.04. The molecule has 0 aliphatic rings. The first-order chi connectivity index (χ1) is 9.81. The minimum absolute atomic E-state index is 0.323. The number of nitrogens with one attached hydrogen (secondary N) is 1. The molecule has 0 bridgehead atoms. The largest absolute Gasteiger partial charge is 0.491 e. The van der Waals surface area contributed by atoms with Gasteiger partial charge in [0.05, 0.1) is 13.2 Å². The molecule has 0 aliphatic heterocycles. The quantitative estimate of drug-likeness (QED) is 0.785. The van der Waals surface area contributed by atoms with Crippen LogP contribution in [0.3, 0.4) is 0 Å². The normalized spacial score (nSPS) is 10.0. The second kappa shape index (κ2) is 7.22. The maximum atomic E-state index is 8.67. The van der Waals surface area contributed by atoms with Crippen LogP contribution < -0.4 is 10.1 Å². The van der Waals surface area contributed by atoms with Crippen LogP contribution in [-0.4, -0.2) is 20.3 Å². The van der Waals surface area contributed by atoms with Crippen molar-refractivity contribution in [1.29, 1.82) is 5.26 Å². The number of hydrogen-bond acceptors (Lipinski definition) is 5. The van der Waals surface area contributed by atoms with Crippen molar-refractivity contribution in [3.63, 3.8) is 0 Å². The zero-order valence-corrected chi connectivity index (χ0v) is 11.3. The number of nitriles is 1. The Kier molecular flexibility index (Phi) is 5.04. The van der Waals surface area contributed by atoms with Crippen LogP contribution in [0.25, 0.3) is 0 Å². The third-order valence-electron chi connectivity index (χ3n) is 2.65. The Labute approximate surface area is 117 Å². The molecule has 1 heterocycles. The fraction of sp³-hybridized carbons (Fsp3) is 0.267. The van der Waals surface area contributed by atoms with Gasteiger partial charge < -0.3 is 19.2 Å². The fourth-order valence-electron chi connectivity index (χ4n) is 1.63. The highest BCUT2D eigenvalue weighted by atomic mass is 16.5. The van der Waals surface area contributed by atoms with Gasteiger partial charge in [-0.15, -0.1) is 0 Å². The number of rotatable bonds is 7. The van der Waals surface area contributed by atoms with Gasteiger partial charge in [-0.05, 0) is 36.4 Å². The maximum Gasteiger partial charge on any atom is 0.203 e. The van der Waals surface area contributed by atoms with Crippen LogP contribution >= 0.6 is 0 Å². The Hall–Kier alpha value is -2.45. The highest BCUT2D eigenvalue weighted by Crippen LogP contribution is 2.17. The van der Waals surface area contributed by atoms with Crippen molar-refractivity contribution in [2.45, 2.75) is 6.54 Å². The van der Waals surface area contributed by atoms with Crippen molar-refractivity contribution in [2.75, 3.05) is 25.6 Å². The maximum absolute atomic E-state index is 8.67. The van der Waals surface area contributed by atoms with Crippen LogP contribution in [0.5, 0.6) is 5.75 Å².